The van der Waals surface area contributed by atoms with E-state index in [1.807, 2.05) is 6.92 Å². The fourth-order valence-electron chi connectivity index (χ4n) is 11.9. The first kappa shape index (κ1) is 34.5. The summed E-state index contributed by atoms with van der Waals surface area (Å²) < 4.78 is 11.5. The Hall–Kier alpha value is -1.37. The number of aliphatic hydroxyl groups excluding tert-OH is 7. The van der Waals surface area contributed by atoms with Gasteiger partial charge in [-0.2, -0.15) is 0 Å². The molecule has 6 aliphatic rings. The summed E-state index contributed by atoms with van der Waals surface area (Å²) in [6.07, 6.45) is -1.67. The normalized spacial score (nSPS) is 55.3. The molecule has 0 aromatic heterocycles. The molecule has 7 N–H and O–H groups in total. The van der Waals surface area contributed by atoms with Crippen LogP contribution in [0.3, 0.4) is 0 Å². The highest BCUT2D eigenvalue weighted by molar-refractivity contribution is 5.80. The predicted octanol–water partition coefficient (Wildman–Crippen LogP) is 2.21. The third-order valence-corrected chi connectivity index (χ3v) is 15.1. The first-order chi connectivity index (χ1) is 21.5. The maximum atomic E-state index is 14.4. The third kappa shape index (κ3) is 4.40. The quantitative estimate of drug-likeness (QED) is 0.177. The van der Waals surface area contributed by atoms with E-state index >= 15 is 0 Å². The molecule has 5 aliphatic carbocycles. The second-order valence-electron chi connectivity index (χ2n) is 16.9. The maximum absolute atomic E-state index is 14.4. The van der Waals surface area contributed by atoms with Gasteiger partial charge in [-0.15, -0.1) is 0 Å². The Bertz CT molecular complexity index is 1270. The molecule has 0 unspecified atom stereocenters. The minimum absolute atomic E-state index is 0.0425. The summed E-state index contributed by atoms with van der Waals surface area (Å²) in [4.78, 5) is 14.4. The lowest BCUT2D eigenvalue weighted by Crippen LogP contribution is -2.68. The molecular weight excluding hydrogens is 592 g/mol. The molecule has 0 aromatic rings. The summed E-state index contributed by atoms with van der Waals surface area (Å²) in [5, 5.41) is 73.7. The van der Waals surface area contributed by atoms with Crippen LogP contribution in [0.15, 0.2) is 23.8 Å². The molecule has 5 fully saturated rings. The number of rotatable bonds is 4. The van der Waals surface area contributed by atoms with E-state index in [0.29, 0.717) is 19.3 Å². The summed E-state index contributed by atoms with van der Waals surface area (Å²) in [7, 11) is 0. The highest BCUT2D eigenvalue weighted by atomic mass is 16.7. The first-order valence-electron chi connectivity index (χ1n) is 17.3. The summed E-state index contributed by atoms with van der Waals surface area (Å²) >= 11 is 0. The van der Waals surface area contributed by atoms with Crippen LogP contribution in [0.25, 0.3) is 0 Å². The van der Waals surface area contributed by atoms with Crippen LogP contribution in [0.5, 0.6) is 0 Å². The zero-order chi connectivity index (χ0) is 33.8. The Balaban J connectivity index is 1.37. The van der Waals surface area contributed by atoms with Gasteiger partial charge in [0.2, 0.25) is 6.29 Å². The Morgan fingerprint density at radius 2 is 1.65 bits per heavy atom. The van der Waals surface area contributed by atoms with E-state index in [2.05, 4.69) is 40.3 Å². The van der Waals surface area contributed by atoms with Crippen molar-refractivity contribution < 1.29 is 50.0 Å². The zero-order valence-corrected chi connectivity index (χ0v) is 28.1. The van der Waals surface area contributed by atoms with E-state index in [4.69, 9.17) is 9.47 Å². The van der Waals surface area contributed by atoms with Gasteiger partial charge in [-0.25, -0.2) is 0 Å². The molecule has 0 spiro atoms. The summed E-state index contributed by atoms with van der Waals surface area (Å²) in [6.45, 7) is 14.8. The number of allylic oxidation sites excluding steroid dienone is 3. The van der Waals surface area contributed by atoms with Crippen molar-refractivity contribution in [2.24, 2.45) is 50.7 Å². The van der Waals surface area contributed by atoms with Gasteiger partial charge in [0.25, 0.3) is 0 Å². The molecule has 0 radical (unpaired) electrons. The number of hydrogen-bond donors (Lipinski definition) is 7. The van der Waals surface area contributed by atoms with Crippen molar-refractivity contribution in [2.45, 2.75) is 129 Å². The molecule has 16 atom stereocenters. The predicted molar refractivity (Wildman–Crippen MR) is 168 cm³/mol. The standard InChI is InChI=1S/C36H56O10/c1-18-9-12-36(31(44)46-30-28(42)27(41)26(40)22(16-37)45-30)14-13-34(5)20(25(36)19(18)2)7-8-24-32(3)15-21(39)29(43)33(4,17-38)23(32)10-11-35(24,34)6/h7,18,21-30,37-43H,2,8-17H2,1,3-6H3/t18-,21-,22-,23-,24-,25+,26-,27+,28-,29+,30+,32-,33+,34-,35-,36+/m1/s1. The lowest BCUT2D eigenvalue weighted by molar-refractivity contribution is -0.297. The number of carbonyl (C=O) groups excluding carboxylic acids is 1. The second kappa shape index (κ2) is 11.3. The van der Waals surface area contributed by atoms with E-state index in [-0.39, 0.29) is 46.5 Å². The SMILES string of the molecule is C=C1[C@H]2C3=CC[C@@H]4[C@]5(C)C[C@@H](O)[C@H](O)[C@@](C)(CO)[C@@H]5CC[C@@]4(C)[C@]3(C)CC[C@@]2(C(=O)O[C@@H]2O[C@H](CO)[C@@H](O)[C@H](O)[C@H]2O)CC[C@H]1C. The Labute approximate surface area is 272 Å². The topological polar surface area (TPSA) is 177 Å². The molecule has 4 saturated carbocycles. The molecule has 0 aromatic carbocycles. The number of carbonyl (C=O) groups is 1. The monoisotopic (exact) mass is 648 g/mol. The van der Waals surface area contributed by atoms with Crippen LogP contribution in [0, 0.1) is 50.7 Å². The van der Waals surface area contributed by atoms with Gasteiger partial charge in [-0.3, -0.25) is 4.79 Å². The lowest BCUT2D eigenvalue weighted by Gasteiger charge is -2.71. The number of aliphatic hydroxyl groups is 7. The molecule has 6 rings (SSSR count). The first-order valence-corrected chi connectivity index (χ1v) is 17.3. The minimum Gasteiger partial charge on any atom is -0.432 e. The number of fused-ring (bicyclic) bond motifs is 7. The van der Waals surface area contributed by atoms with Gasteiger partial charge in [0, 0.05) is 11.3 Å². The number of ether oxygens (including phenoxy) is 2. The van der Waals surface area contributed by atoms with Crippen LogP contribution >= 0.6 is 0 Å². The lowest BCUT2D eigenvalue weighted by atomic mass is 9.33. The van der Waals surface area contributed by atoms with Crippen LogP contribution < -0.4 is 0 Å². The van der Waals surface area contributed by atoms with Gasteiger partial charge in [0.05, 0.1) is 30.8 Å². The van der Waals surface area contributed by atoms with Crippen molar-refractivity contribution in [3.8, 4) is 0 Å². The van der Waals surface area contributed by atoms with Crippen molar-refractivity contribution in [3.05, 3.63) is 23.8 Å². The molecule has 1 saturated heterocycles. The molecule has 46 heavy (non-hydrogen) atoms. The molecule has 1 aliphatic heterocycles. The smallest absolute Gasteiger partial charge is 0.315 e. The van der Waals surface area contributed by atoms with Gasteiger partial charge >= 0.3 is 5.97 Å². The van der Waals surface area contributed by atoms with Gasteiger partial charge < -0.3 is 45.2 Å². The van der Waals surface area contributed by atoms with Crippen LogP contribution in [-0.4, -0.2) is 97.8 Å². The Kier molecular flexibility index (Phi) is 8.50. The van der Waals surface area contributed by atoms with E-state index in [9.17, 15) is 40.5 Å². The highest BCUT2D eigenvalue weighted by Crippen LogP contribution is 2.75. The van der Waals surface area contributed by atoms with E-state index in [1.54, 1.807) is 0 Å². The van der Waals surface area contributed by atoms with Gasteiger partial charge in [-0.1, -0.05) is 58.4 Å². The molecule has 10 heteroatoms. The third-order valence-electron chi connectivity index (χ3n) is 15.1. The van der Waals surface area contributed by atoms with Gasteiger partial charge in [0.1, 0.15) is 24.4 Å². The highest BCUT2D eigenvalue weighted by Gasteiger charge is 2.71. The molecule has 0 bridgehead atoms. The maximum Gasteiger partial charge on any atom is 0.315 e. The molecule has 260 valence electrons. The molecule has 1 heterocycles. The van der Waals surface area contributed by atoms with E-state index in [1.165, 1.54) is 5.57 Å². The van der Waals surface area contributed by atoms with Crippen LogP contribution in [0.4, 0.5) is 0 Å². The fraction of sp³-hybridized carbons (Fsp3) is 0.861. The van der Waals surface area contributed by atoms with Crippen LogP contribution in [-0.2, 0) is 14.3 Å². The minimum atomic E-state index is -1.67. The van der Waals surface area contributed by atoms with Crippen molar-refractivity contribution in [3.63, 3.8) is 0 Å². The van der Waals surface area contributed by atoms with Crippen molar-refractivity contribution in [1.82, 2.24) is 0 Å². The number of hydrogen-bond acceptors (Lipinski definition) is 10. The zero-order valence-electron chi connectivity index (χ0n) is 28.1. The van der Waals surface area contributed by atoms with Crippen LogP contribution in [0.2, 0.25) is 0 Å². The Morgan fingerprint density at radius 3 is 2.30 bits per heavy atom. The fourth-order valence-corrected chi connectivity index (χ4v) is 11.9. The average Bonchev–Trinajstić information content (AvgIpc) is 3.02. The summed E-state index contributed by atoms with van der Waals surface area (Å²) in [6, 6.07) is 0. The van der Waals surface area contributed by atoms with E-state index in [0.717, 1.165) is 37.7 Å². The second-order valence-corrected chi connectivity index (χ2v) is 16.9. The summed E-state index contributed by atoms with van der Waals surface area (Å²) in [5.74, 6) is -0.411. The molecule has 0 amide bonds. The van der Waals surface area contributed by atoms with Crippen molar-refractivity contribution >= 4 is 5.97 Å². The van der Waals surface area contributed by atoms with Crippen molar-refractivity contribution in [2.75, 3.05) is 13.2 Å². The van der Waals surface area contributed by atoms with Crippen LogP contribution in [0.1, 0.15) is 86.0 Å². The largest absolute Gasteiger partial charge is 0.432 e. The molecule has 10 nitrogen and oxygen atoms in total. The van der Waals surface area contributed by atoms with Crippen molar-refractivity contribution in [1.29, 1.82) is 0 Å². The average molecular weight is 649 g/mol. The number of esters is 1. The summed E-state index contributed by atoms with van der Waals surface area (Å²) in [5.41, 5.74) is -0.363. The Morgan fingerprint density at radius 1 is 0.957 bits per heavy atom. The van der Waals surface area contributed by atoms with Gasteiger partial charge in [-0.05, 0) is 85.4 Å². The molecular formula is C36H56O10. The van der Waals surface area contributed by atoms with E-state index < -0.39 is 66.3 Å². The van der Waals surface area contributed by atoms with Gasteiger partial charge in [0.15, 0.2) is 0 Å².